The third kappa shape index (κ3) is 6.71. The number of carbonyl (C=O) groups is 2. The lowest BCUT2D eigenvalue weighted by atomic mass is 10.2. The van der Waals surface area contributed by atoms with Crippen LogP contribution >= 0.6 is 11.6 Å². The molecule has 2 aromatic rings. The van der Waals surface area contributed by atoms with E-state index in [9.17, 15) is 9.59 Å². The van der Waals surface area contributed by atoms with Gasteiger partial charge in [0.15, 0.2) is 0 Å². The minimum absolute atomic E-state index is 0.0598. The van der Waals surface area contributed by atoms with Crippen LogP contribution in [0, 0.1) is 0 Å². The summed E-state index contributed by atoms with van der Waals surface area (Å²) in [6.45, 7) is -0.0159. The molecule has 27 heavy (non-hydrogen) atoms. The van der Waals surface area contributed by atoms with Gasteiger partial charge in [-0.25, -0.2) is 0 Å². The van der Waals surface area contributed by atoms with E-state index in [-0.39, 0.29) is 19.8 Å². The zero-order chi connectivity index (χ0) is 19.6. The molecule has 2 aromatic carbocycles. The maximum Gasteiger partial charge on any atom is 0.325 e. The monoisotopic (exact) mass is 393 g/mol. The number of rotatable bonds is 9. The third-order valence-corrected chi connectivity index (χ3v) is 3.69. The van der Waals surface area contributed by atoms with Gasteiger partial charge in [0.25, 0.3) is 5.91 Å². The van der Waals surface area contributed by atoms with E-state index < -0.39 is 11.9 Å². The van der Waals surface area contributed by atoms with Crippen LogP contribution in [-0.2, 0) is 9.53 Å². The number of ether oxygens (including phenoxy) is 4. The molecule has 0 fully saturated rings. The molecule has 0 radical (unpaired) electrons. The lowest BCUT2D eigenvalue weighted by molar-refractivity contribution is -0.143. The second-order valence-corrected chi connectivity index (χ2v) is 5.74. The quantitative estimate of drug-likeness (QED) is 0.521. The zero-order valence-electron chi connectivity index (χ0n) is 15.0. The van der Waals surface area contributed by atoms with Crippen LogP contribution in [0.15, 0.2) is 42.5 Å². The molecular formula is C19H20ClNO6. The summed E-state index contributed by atoms with van der Waals surface area (Å²) in [6.07, 6.45) is 0. The van der Waals surface area contributed by atoms with E-state index >= 15 is 0 Å². The van der Waals surface area contributed by atoms with Crippen LogP contribution in [0.2, 0.25) is 5.02 Å². The smallest absolute Gasteiger partial charge is 0.325 e. The maximum atomic E-state index is 12.2. The van der Waals surface area contributed by atoms with E-state index in [2.05, 4.69) is 5.32 Å². The second-order valence-electron chi connectivity index (χ2n) is 5.31. The number of carbonyl (C=O) groups excluding carboxylic acids is 2. The molecule has 0 saturated heterocycles. The molecule has 0 bridgehead atoms. The minimum atomic E-state index is -0.571. The van der Waals surface area contributed by atoms with Gasteiger partial charge in [0.2, 0.25) is 0 Å². The van der Waals surface area contributed by atoms with Gasteiger partial charge in [0, 0.05) is 16.7 Å². The highest BCUT2D eigenvalue weighted by atomic mass is 35.5. The fourth-order valence-electron chi connectivity index (χ4n) is 2.09. The van der Waals surface area contributed by atoms with Crippen LogP contribution in [0.1, 0.15) is 10.4 Å². The van der Waals surface area contributed by atoms with Crippen LogP contribution < -0.4 is 19.5 Å². The van der Waals surface area contributed by atoms with E-state index in [0.717, 1.165) is 0 Å². The second kappa shape index (κ2) is 10.3. The third-order valence-electron chi connectivity index (χ3n) is 3.44. The zero-order valence-corrected chi connectivity index (χ0v) is 15.7. The topological polar surface area (TPSA) is 83.1 Å². The molecule has 0 heterocycles. The van der Waals surface area contributed by atoms with E-state index in [0.29, 0.717) is 27.8 Å². The van der Waals surface area contributed by atoms with Crippen molar-refractivity contribution in [1.82, 2.24) is 5.32 Å². The molecule has 0 aliphatic rings. The van der Waals surface area contributed by atoms with E-state index in [1.807, 2.05) is 0 Å². The number of hydrogen-bond acceptors (Lipinski definition) is 6. The molecular weight excluding hydrogens is 374 g/mol. The Hall–Kier alpha value is -2.93. The van der Waals surface area contributed by atoms with Gasteiger partial charge in [-0.2, -0.15) is 0 Å². The van der Waals surface area contributed by atoms with E-state index in [4.69, 9.17) is 30.5 Å². The van der Waals surface area contributed by atoms with Crippen molar-refractivity contribution in [1.29, 1.82) is 0 Å². The van der Waals surface area contributed by atoms with Gasteiger partial charge in [0.1, 0.15) is 37.0 Å². The minimum Gasteiger partial charge on any atom is -0.497 e. The molecule has 1 N–H and O–H groups in total. The number of esters is 1. The van der Waals surface area contributed by atoms with Crippen LogP contribution in [0.4, 0.5) is 0 Å². The molecule has 0 atom stereocenters. The summed E-state index contributed by atoms with van der Waals surface area (Å²) < 4.78 is 20.6. The molecule has 0 spiro atoms. The van der Waals surface area contributed by atoms with Crippen molar-refractivity contribution >= 4 is 23.5 Å². The summed E-state index contributed by atoms with van der Waals surface area (Å²) in [5.74, 6) is 0.554. The lowest BCUT2D eigenvalue weighted by Gasteiger charge is -2.10. The number of amides is 1. The Morgan fingerprint density at radius 2 is 1.56 bits per heavy atom. The summed E-state index contributed by atoms with van der Waals surface area (Å²) in [7, 11) is 2.97. The highest BCUT2D eigenvalue weighted by Crippen LogP contribution is 2.22. The van der Waals surface area contributed by atoms with E-state index in [1.54, 1.807) is 42.5 Å². The lowest BCUT2D eigenvalue weighted by Crippen LogP contribution is -2.31. The fourth-order valence-corrected chi connectivity index (χ4v) is 2.22. The average Bonchev–Trinajstić information content (AvgIpc) is 2.70. The van der Waals surface area contributed by atoms with Gasteiger partial charge in [-0.1, -0.05) is 11.6 Å². The SMILES string of the molecule is COc1cc(OC)cc(C(=O)NCC(=O)OCCOc2ccc(Cl)cc2)c1. The Morgan fingerprint density at radius 1 is 0.926 bits per heavy atom. The van der Waals surface area contributed by atoms with Gasteiger partial charge in [0.05, 0.1) is 14.2 Å². The number of halogens is 1. The predicted octanol–water partition coefficient (Wildman–Crippen LogP) is 2.71. The molecule has 7 nitrogen and oxygen atoms in total. The molecule has 0 aliphatic carbocycles. The van der Waals surface area contributed by atoms with E-state index in [1.165, 1.54) is 14.2 Å². The first-order chi connectivity index (χ1) is 13.0. The average molecular weight is 394 g/mol. The van der Waals surface area contributed by atoms with Gasteiger partial charge in [-0.3, -0.25) is 9.59 Å². The Labute approximate surface area is 162 Å². The summed E-state index contributed by atoms with van der Waals surface area (Å²) >= 11 is 5.78. The number of methoxy groups -OCH3 is 2. The van der Waals surface area contributed by atoms with Crippen molar-refractivity contribution in [2.45, 2.75) is 0 Å². The van der Waals surface area contributed by atoms with Gasteiger partial charge in [-0.15, -0.1) is 0 Å². The highest BCUT2D eigenvalue weighted by molar-refractivity contribution is 6.30. The van der Waals surface area contributed by atoms with Crippen LogP contribution in [0.25, 0.3) is 0 Å². The standard InChI is InChI=1S/C19H20ClNO6/c1-24-16-9-13(10-17(11-16)25-2)19(23)21-12-18(22)27-8-7-26-15-5-3-14(20)4-6-15/h3-6,9-11H,7-8,12H2,1-2H3,(H,21,23). The Balaban J connectivity index is 1.73. The van der Waals surface area contributed by atoms with Gasteiger partial charge >= 0.3 is 5.97 Å². The highest BCUT2D eigenvalue weighted by Gasteiger charge is 2.12. The Kier molecular flexibility index (Phi) is 7.76. The van der Waals surface area contributed by atoms with Crippen molar-refractivity contribution in [3.63, 3.8) is 0 Å². The van der Waals surface area contributed by atoms with Crippen molar-refractivity contribution < 1.29 is 28.5 Å². The first-order valence-electron chi connectivity index (χ1n) is 8.07. The van der Waals surface area contributed by atoms with Crippen LogP contribution in [-0.4, -0.2) is 45.9 Å². The van der Waals surface area contributed by atoms with Crippen molar-refractivity contribution in [2.75, 3.05) is 34.0 Å². The molecule has 1 amide bonds. The van der Waals surface area contributed by atoms with Crippen molar-refractivity contribution in [3.05, 3.63) is 53.1 Å². The first kappa shape index (κ1) is 20.4. The first-order valence-corrected chi connectivity index (χ1v) is 8.45. The van der Waals surface area contributed by atoms with Gasteiger partial charge < -0.3 is 24.3 Å². The molecule has 0 aliphatic heterocycles. The summed E-state index contributed by atoms with van der Waals surface area (Å²) in [5, 5.41) is 3.10. The Bertz CT molecular complexity index is 756. The molecule has 144 valence electrons. The number of nitrogens with one attached hydrogen (secondary N) is 1. The normalized spacial score (nSPS) is 10.0. The molecule has 0 saturated carbocycles. The van der Waals surface area contributed by atoms with Crippen molar-refractivity contribution in [2.24, 2.45) is 0 Å². The Morgan fingerprint density at radius 3 is 2.15 bits per heavy atom. The number of hydrogen-bond donors (Lipinski definition) is 1. The molecule has 2 rings (SSSR count). The molecule has 8 heteroatoms. The van der Waals surface area contributed by atoms with Crippen LogP contribution in [0.3, 0.4) is 0 Å². The van der Waals surface area contributed by atoms with Crippen molar-refractivity contribution in [3.8, 4) is 17.2 Å². The maximum absolute atomic E-state index is 12.2. The summed E-state index contributed by atoms with van der Waals surface area (Å²) in [5.41, 5.74) is 0.310. The number of benzene rings is 2. The fraction of sp³-hybridized carbons (Fsp3) is 0.263. The van der Waals surface area contributed by atoms with Crippen LogP contribution in [0.5, 0.6) is 17.2 Å². The summed E-state index contributed by atoms with van der Waals surface area (Å²) in [6, 6.07) is 11.6. The molecule has 0 unspecified atom stereocenters. The largest absolute Gasteiger partial charge is 0.497 e. The summed E-state index contributed by atoms with van der Waals surface area (Å²) in [4.78, 5) is 23.9. The van der Waals surface area contributed by atoms with Gasteiger partial charge in [-0.05, 0) is 36.4 Å². The molecule has 0 aromatic heterocycles. The predicted molar refractivity (Wildman–Crippen MR) is 99.8 cm³/mol.